The highest BCUT2D eigenvalue weighted by molar-refractivity contribution is 9.10. The molecule has 0 radical (unpaired) electrons. The highest BCUT2D eigenvalue weighted by Crippen LogP contribution is 2.20. The van der Waals surface area contributed by atoms with Gasteiger partial charge in [-0.15, -0.1) is 25.5 Å². The number of carboxylic acids is 1. The van der Waals surface area contributed by atoms with Gasteiger partial charge in [-0.2, -0.15) is 4.80 Å². The predicted molar refractivity (Wildman–Crippen MR) is 103 cm³/mol. The molecule has 0 spiro atoms. The first-order valence-corrected chi connectivity index (χ1v) is 9.26. The number of rotatable bonds is 6. The molecule has 3 aromatic heterocycles. The van der Waals surface area contributed by atoms with Gasteiger partial charge in [0.25, 0.3) is 0 Å². The lowest BCUT2D eigenvalue weighted by Gasteiger charge is -2.05. The summed E-state index contributed by atoms with van der Waals surface area (Å²) >= 11 is 3.55. The van der Waals surface area contributed by atoms with Crippen LogP contribution in [0.3, 0.4) is 0 Å². The maximum absolute atomic E-state index is 10.7. The molecule has 29 heavy (non-hydrogen) atoms. The van der Waals surface area contributed by atoms with Crippen molar-refractivity contribution in [2.45, 2.75) is 20.0 Å². The lowest BCUT2D eigenvalue weighted by Crippen LogP contribution is -2.11. The largest absolute Gasteiger partial charge is 0.480 e. The Morgan fingerprint density at radius 2 is 1.83 bits per heavy atom. The van der Waals surface area contributed by atoms with Crippen molar-refractivity contribution in [1.29, 1.82) is 0 Å². The van der Waals surface area contributed by atoms with Crippen molar-refractivity contribution in [2.24, 2.45) is 0 Å². The lowest BCUT2D eigenvalue weighted by atomic mass is 10.1. The fourth-order valence-corrected chi connectivity index (χ4v) is 2.99. The van der Waals surface area contributed by atoms with E-state index in [9.17, 15) is 4.79 Å². The van der Waals surface area contributed by atoms with E-state index in [4.69, 9.17) is 5.11 Å². The van der Waals surface area contributed by atoms with Crippen molar-refractivity contribution in [2.75, 3.05) is 0 Å². The summed E-state index contributed by atoms with van der Waals surface area (Å²) in [5.74, 6) is -0.866. The highest BCUT2D eigenvalue weighted by Gasteiger charge is 2.12. The number of hydrogen-bond donors (Lipinski definition) is 1. The molecular formula is C17H14BrN9O2. The number of aromatic nitrogens is 9. The van der Waals surface area contributed by atoms with Crippen LogP contribution in [-0.4, -0.2) is 56.5 Å². The van der Waals surface area contributed by atoms with E-state index < -0.39 is 5.97 Å². The Kier molecular flexibility index (Phi) is 5.08. The first-order valence-electron chi connectivity index (χ1n) is 8.47. The van der Waals surface area contributed by atoms with Gasteiger partial charge in [-0.05, 0) is 35.9 Å². The summed E-state index contributed by atoms with van der Waals surface area (Å²) in [5, 5.41) is 36.7. The fraction of sp³-hybridized carbons (Fsp3) is 0.176. The summed E-state index contributed by atoms with van der Waals surface area (Å²) in [7, 11) is 0. The predicted octanol–water partition coefficient (Wildman–Crippen LogP) is 1.59. The molecule has 1 aromatic carbocycles. The second kappa shape index (κ2) is 7.83. The van der Waals surface area contributed by atoms with Crippen LogP contribution >= 0.6 is 15.9 Å². The van der Waals surface area contributed by atoms with Crippen LogP contribution < -0.4 is 0 Å². The van der Waals surface area contributed by atoms with Crippen LogP contribution in [-0.2, 0) is 17.9 Å². The van der Waals surface area contributed by atoms with E-state index in [0.717, 1.165) is 14.8 Å². The van der Waals surface area contributed by atoms with E-state index in [0.29, 0.717) is 23.6 Å². The molecule has 0 fully saturated rings. The molecule has 0 saturated carbocycles. The van der Waals surface area contributed by atoms with Crippen molar-refractivity contribution >= 4 is 21.9 Å². The molecule has 4 aromatic rings. The zero-order valence-electron chi connectivity index (χ0n) is 15.1. The average molecular weight is 456 g/mol. The number of benzene rings is 1. The van der Waals surface area contributed by atoms with Crippen molar-refractivity contribution in [3.8, 4) is 22.9 Å². The molecule has 0 unspecified atom stereocenters. The van der Waals surface area contributed by atoms with Gasteiger partial charge in [0.15, 0.2) is 6.54 Å². The molecule has 0 aliphatic rings. The zero-order valence-corrected chi connectivity index (χ0v) is 16.7. The Morgan fingerprint density at radius 3 is 2.59 bits per heavy atom. The molecule has 0 amide bonds. The molecule has 146 valence electrons. The summed E-state index contributed by atoms with van der Waals surface area (Å²) in [6.07, 6.45) is 1.79. The first-order chi connectivity index (χ1) is 14.0. The van der Waals surface area contributed by atoms with Crippen LogP contribution in [0.2, 0.25) is 0 Å². The molecule has 11 nitrogen and oxygen atoms in total. The zero-order chi connectivity index (χ0) is 20.4. The van der Waals surface area contributed by atoms with E-state index in [-0.39, 0.29) is 12.4 Å². The van der Waals surface area contributed by atoms with Gasteiger partial charge in [0.05, 0.1) is 12.7 Å². The molecule has 0 bridgehead atoms. The number of hydrogen-bond acceptors (Lipinski definition) is 8. The smallest absolute Gasteiger partial charge is 0.327 e. The quantitative estimate of drug-likeness (QED) is 0.459. The van der Waals surface area contributed by atoms with E-state index in [2.05, 4.69) is 57.9 Å². The molecule has 0 saturated heterocycles. The van der Waals surface area contributed by atoms with Crippen LogP contribution in [0.4, 0.5) is 0 Å². The summed E-state index contributed by atoms with van der Waals surface area (Å²) in [6.45, 7) is 2.23. The first kappa shape index (κ1) is 18.8. The number of carboxylic acid groups (broad SMARTS) is 1. The number of aliphatic carboxylic acids is 1. The van der Waals surface area contributed by atoms with Gasteiger partial charge in [-0.3, -0.25) is 4.79 Å². The minimum atomic E-state index is -1.06. The van der Waals surface area contributed by atoms with E-state index in [1.807, 2.05) is 19.1 Å². The molecule has 1 N–H and O–H groups in total. The number of nitrogens with zero attached hydrogens (tertiary/aromatic N) is 9. The summed E-state index contributed by atoms with van der Waals surface area (Å²) < 4.78 is 2.73. The Bertz CT molecular complexity index is 1170. The molecular weight excluding hydrogens is 442 g/mol. The summed E-state index contributed by atoms with van der Waals surface area (Å²) in [4.78, 5) is 11.7. The lowest BCUT2D eigenvalue weighted by molar-refractivity contribution is -0.138. The van der Waals surface area contributed by atoms with Crippen molar-refractivity contribution < 1.29 is 9.90 Å². The van der Waals surface area contributed by atoms with Gasteiger partial charge in [-0.25, -0.2) is 4.68 Å². The average Bonchev–Trinajstić information content (AvgIpc) is 3.34. The summed E-state index contributed by atoms with van der Waals surface area (Å²) in [5.41, 5.74) is 3.76. The van der Waals surface area contributed by atoms with Crippen molar-refractivity contribution in [1.82, 2.24) is 45.4 Å². The van der Waals surface area contributed by atoms with Gasteiger partial charge in [-0.1, -0.05) is 38.8 Å². The molecule has 0 aliphatic carbocycles. The Balaban J connectivity index is 1.50. The third-order valence-electron chi connectivity index (χ3n) is 3.96. The minimum absolute atomic E-state index is 0.193. The van der Waals surface area contributed by atoms with E-state index >= 15 is 0 Å². The molecule has 3 heterocycles. The Morgan fingerprint density at radius 1 is 1.03 bits per heavy atom. The van der Waals surface area contributed by atoms with Crippen molar-refractivity contribution in [3.05, 3.63) is 52.1 Å². The number of halogens is 1. The van der Waals surface area contributed by atoms with Gasteiger partial charge < -0.3 is 5.11 Å². The fourth-order valence-electron chi connectivity index (χ4n) is 2.61. The monoisotopic (exact) mass is 455 g/mol. The molecule has 12 heteroatoms. The van der Waals surface area contributed by atoms with Crippen molar-refractivity contribution in [3.63, 3.8) is 0 Å². The standard InChI is InChI=1S/C17H14BrN9O2/c1-10-2-3-12(18)11(6-10)7-26-8-15(21-24-26)13-4-5-14(20-19-13)17-22-25-27(23-17)9-16(28)29/h2-6,8H,7,9H2,1H3,(H,28,29). The van der Waals surface area contributed by atoms with E-state index in [1.165, 1.54) is 5.56 Å². The van der Waals surface area contributed by atoms with Crippen LogP contribution in [0.1, 0.15) is 11.1 Å². The topological polar surface area (TPSA) is 137 Å². The maximum atomic E-state index is 10.7. The van der Waals surface area contributed by atoms with Crippen LogP contribution in [0.15, 0.2) is 41.0 Å². The third kappa shape index (κ3) is 4.32. The van der Waals surface area contributed by atoms with Crippen LogP contribution in [0, 0.1) is 6.92 Å². The van der Waals surface area contributed by atoms with Gasteiger partial charge in [0, 0.05) is 4.47 Å². The molecule has 0 aliphatic heterocycles. The molecule has 4 rings (SSSR count). The van der Waals surface area contributed by atoms with Gasteiger partial charge in [0.1, 0.15) is 17.1 Å². The SMILES string of the molecule is Cc1ccc(Br)c(Cn2cc(-c3ccc(-c4nnn(CC(=O)O)n4)nn3)nn2)c1. The Labute approximate surface area is 172 Å². The van der Waals surface area contributed by atoms with Gasteiger partial charge >= 0.3 is 5.97 Å². The highest BCUT2D eigenvalue weighted by atomic mass is 79.9. The summed E-state index contributed by atoms with van der Waals surface area (Å²) in [6, 6.07) is 9.52. The normalized spacial score (nSPS) is 11.0. The number of aryl methyl sites for hydroxylation is 1. The van der Waals surface area contributed by atoms with Gasteiger partial charge in [0.2, 0.25) is 5.82 Å². The second-order valence-corrected chi connectivity index (χ2v) is 7.09. The second-order valence-electron chi connectivity index (χ2n) is 6.24. The van der Waals surface area contributed by atoms with Crippen LogP contribution in [0.5, 0.6) is 0 Å². The molecule has 0 atom stereocenters. The van der Waals surface area contributed by atoms with E-state index in [1.54, 1.807) is 23.0 Å². The third-order valence-corrected chi connectivity index (χ3v) is 4.73. The number of tetrazole rings is 1. The van der Waals surface area contributed by atoms with Crippen LogP contribution in [0.25, 0.3) is 22.9 Å². The number of carbonyl (C=O) groups is 1. The minimum Gasteiger partial charge on any atom is -0.480 e. The maximum Gasteiger partial charge on any atom is 0.327 e. The Hall–Kier alpha value is -3.54.